The maximum atomic E-state index is 3.63. The van der Waals surface area contributed by atoms with Crippen LogP contribution in [0.3, 0.4) is 0 Å². The Morgan fingerprint density at radius 1 is 1.35 bits per heavy atom. The predicted molar refractivity (Wildman–Crippen MR) is 73.4 cm³/mol. The van der Waals surface area contributed by atoms with Gasteiger partial charge in [-0.2, -0.15) is 0 Å². The summed E-state index contributed by atoms with van der Waals surface area (Å²) >= 11 is 0. The minimum absolute atomic E-state index is 0.662. The molecule has 2 aliphatic rings. The molecule has 0 aromatic carbocycles. The second kappa shape index (κ2) is 6.17. The molecular weight excluding hydrogens is 210 g/mol. The smallest absolute Gasteiger partial charge is 0.0223 e. The first-order valence-electron chi connectivity index (χ1n) is 7.38. The second-order valence-electron chi connectivity index (χ2n) is 5.90. The van der Waals surface area contributed by atoms with Gasteiger partial charge in [-0.3, -0.25) is 4.90 Å². The molecule has 1 heterocycles. The standard InChI is InChI=1S/C14H29N3/c1-4-17-9-5-6-14(17)11-16(3)12(2)10-15-13-7-8-13/h12-15H,4-11H2,1-3H3. The van der Waals surface area contributed by atoms with Crippen LogP contribution in [0.15, 0.2) is 0 Å². The van der Waals surface area contributed by atoms with Crippen molar-refractivity contribution in [3.63, 3.8) is 0 Å². The van der Waals surface area contributed by atoms with Crippen LogP contribution in [0.25, 0.3) is 0 Å². The molecule has 1 aliphatic carbocycles. The number of hydrogen-bond donors (Lipinski definition) is 1. The average molecular weight is 239 g/mol. The van der Waals surface area contributed by atoms with Gasteiger partial charge in [0.15, 0.2) is 0 Å². The highest BCUT2D eigenvalue weighted by Gasteiger charge is 2.26. The third-order valence-electron chi connectivity index (χ3n) is 4.44. The second-order valence-corrected chi connectivity index (χ2v) is 5.90. The molecule has 2 fully saturated rings. The van der Waals surface area contributed by atoms with Crippen LogP contribution in [0.4, 0.5) is 0 Å². The first kappa shape index (κ1) is 13.3. The average Bonchev–Trinajstić information content (AvgIpc) is 3.05. The largest absolute Gasteiger partial charge is 0.312 e. The van der Waals surface area contributed by atoms with Gasteiger partial charge < -0.3 is 10.2 Å². The monoisotopic (exact) mass is 239 g/mol. The first-order valence-corrected chi connectivity index (χ1v) is 7.38. The number of likely N-dealkylation sites (N-methyl/N-ethyl adjacent to an activating group) is 2. The third kappa shape index (κ3) is 3.94. The molecule has 0 bridgehead atoms. The highest BCUT2D eigenvalue weighted by Crippen LogP contribution is 2.20. The molecule has 0 spiro atoms. The summed E-state index contributed by atoms with van der Waals surface area (Å²) in [7, 11) is 2.28. The summed E-state index contributed by atoms with van der Waals surface area (Å²) in [6.45, 7) is 9.55. The molecule has 3 nitrogen and oxygen atoms in total. The van der Waals surface area contributed by atoms with E-state index in [0.717, 1.165) is 18.6 Å². The van der Waals surface area contributed by atoms with Crippen molar-refractivity contribution in [2.24, 2.45) is 0 Å². The summed E-state index contributed by atoms with van der Waals surface area (Å²) in [5.41, 5.74) is 0. The normalized spacial score (nSPS) is 27.9. The van der Waals surface area contributed by atoms with Gasteiger partial charge in [-0.15, -0.1) is 0 Å². The Balaban J connectivity index is 1.68. The number of nitrogens with one attached hydrogen (secondary N) is 1. The number of rotatable bonds is 7. The van der Waals surface area contributed by atoms with Crippen molar-refractivity contribution in [3.8, 4) is 0 Å². The van der Waals surface area contributed by atoms with E-state index in [1.807, 2.05) is 0 Å². The molecule has 1 saturated carbocycles. The molecule has 0 amide bonds. The zero-order valence-corrected chi connectivity index (χ0v) is 11.8. The Hall–Kier alpha value is -0.120. The van der Waals surface area contributed by atoms with Crippen LogP contribution >= 0.6 is 0 Å². The number of hydrogen-bond acceptors (Lipinski definition) is 3. The molecule has 1 saturated heterocycles. The lowest BCUT2D eigenvalue weighted by Crippen LogP contribution is -2.45. The lowest BCUT2D eigenvalue weighted by atomic mass is 10.2. The van der Waals surface area contributed by atoms with E-state index >= 15 is 0 Å². The fourth-order valence-corrected chi connectivity index (χ4v) is 2.81. The molecule has 3 heteroatoms. The summed E-state index contributed by atoms with van der Waals surface area (Å²) in [5, 5.41) is 3.63. The predicted octanol–water partition coefficient (Wildman–Crippen LogP) is 1.54. The Labute approximate surface area is 107 Å². The molecule has 0 aromatic heterocycles. The molecule has 1 N–H and O–H groups in total. The van der Waals surface area contributed by atoms with E-state index < -0.39 is 0 Å². The minimum Gasteiger partial charge on any atom is -0.312 e. The fraction of sp³-hybridized carbons (Fsp3) is 1.00. The molecule has 100 valence electrons. The molecular formula is C14H29N3. The lowest BCUT2D eigenvalue weighted by molar-refractivity contribution is 0.168. The maximum Gasteiger partial charge on any atom is 0.0223 e. The third-order valence-corrected chi connectivity index (χ3v) is 4.44. The van der Waals surface area contributed by atoms with Gasteiger partial charge in [-0.25, -0.2) is 0 Å². The van der Waals surface area contributed by atoms with Crippen LogP contribution in [-0.4, -0.2) is 61.2 Å². The highest BCUT2D eigenvalue weighted by molar-refractivity contribution is 4.85. The van der Waals surface area contributed by atoms with E-state index in [0.29, 0.717) is 6.04 Å². The van der Waals surface area contributed by atoms with Crippen molar-refractivity contribution in [2.45, 2.75) is 57.7 Å². The molecule has 2 atom stereocenters. The van der Waals surface area contributed by atoms with Gasteiger partial charge in [0, 0.05) is 31.2 Å². The van der Waals surface area contributed by atoms with E-state index in [2.05, 4.69) is 36.0 Å². The van der Waals surface area contributed by atoms with Crippen LogP contribution in [-0.2, 0) is 0 Å². The van der Waals surface area contributed by atoms with Crippen molar-refractivity contribution >= 4 is 0 Å². The van der Waals surface area contributed by atoms with E-state index in [1.54, 1.807) is 0 Å². The van der Waals surface area contributed by atoms with Crippen molar-refractivity contribution in [1.82, 2.24) is 15.1 Å². The minimum atomic E-state index is 0.662. The summed E-state index contributed by atoms with van der Waals surface area (Å²) in [6.07, 6.45) is 5.56. The van der Waals surface area contributed by atoms with E-state index in [1.165, 1.54) is 45.3 Å². The SMILES string of the molecule is CCN1CCCC1CN(C)C(C)CNC1CC1. The molecule has 1 aliphatic heterocycles. The van der Waals surface area contributed by atoms with E-state index in [4.69, 9.17) is 0 Å². The zero-order chi connectivity index (χ0) is 12.3. The van der Waals surface area contributed by atoms with Crippen LogP contribution in [0, 0.1) is 0 Å². The van der Waals surface area contributed by atoms with E-state index in [-0.39, 0.29) is 0 Å². The molecule has 2 rings (SSSR count). The van der Waals surface area contributed by atoms with Crippen LogP contribution in [0.5, 0.6) is 0 Å². The summed E-state index contributed by atoms with van der Waals surface area (Å²) in [5.74, 6) is 0. The van der Waals surface area contributed by atoms with Gasteiger partial charge in [0.2, 0.25) is 0 Å². The van der Waals surface area contributed by atoms with Crippen molar-refractivity contribution in [1.29, 1.82) is 0 Å². The fourth-order valence-electron chi connectivity index (χ4n) is 2.81. The lowest BCUT2D eigenvalue weighted by Gasteiger charge is -2.31. The van der Waals surface area contributed by atoms with Gasteiger partial charge in [0.05, 0.1) is 0 Å². The quantitative estimate of drug-likeness (QED) is 0.727. The number of likely N-dealkylation sites (tertiary alicyclic amines) is 1. The van der Waals surface area contributed by atoms with Gasteiger partial charge in [-0.1, -0.05) is 6.92 Å². The Kier molecular flexibility index (Phi) is 4.83. The first-order chi connectivity index (χ1) is 8.20. The van der Waals surface area contributed by atoms with Crippen LogP contribution < -0.4 is 5.32 Å². The van der Waals surface area contributed by atoms with Gasteiger partial charge >= 0.3 is 0 Å². The molecule has 0 aromatic rings. The van der Waals surface area contributed by atoms with Gasteiger partial charge in [0.1, 0.15) is 0 Å². The molecule has 0 radical (unpaired) electrons. The van der Waals surface area contributed by atoms with Gasteiger partial charge in [0.25, 0.3) is 0 Å². The molecule has 2 unspecified atom stereocenters. The van der Waals surface area contributed by atoms with Crippen molar-refractivity contribution in [3.05, 3.63) is 0 Å². The zero-order valence-electron chi connectivity index (χ0n) is 11.8. The van der Waals surface area contributed by atoms with E-state index in [9.17, 15) is 0 Å². The molecule has 17 heavy (non-hydrogen) atoms. The van der Waals surface area contributed by atoms with Crippen LogP contribution in [0.1, 0.15) is 39.5 Å². The van der Waals surface area contributed by atoms with Crippen molar-refractivity contribution < 1.29 is 0 Å². The Morgan fingerprint density at radius 2 is 2.12 bits per heavy atom. The Morgan fingerprint density at radius 3 is 2.76 bits per heavy atom. The topological polar surface area (TPSA) is 18.5 Å². The Bertz CT molecular complexity index is 228. The summed E-state index contributed by atoms with van der Waals surface area (Å²) in [6, 6.07) is 2.30. The maximum absolute atomic E-state index is 3.63. The van der Waals surface area contributed by atoms with Gasteiger partial charge in [-0.05, 0) is 52.7 Å². The van der Waals surface area contributed by atoms with Crippen LogP contribution in [0.2, 0.25) is 0 Å². The van der Waals surface area contributed by atoms with Crippen molar-refractivity contribution in [2.75, 3.05) is 33.2 Å². The summed E-state index contributed by atoms with van der Waals surface area (Å²) in [4.78, 5) is 5.17. The number of nitrogens with zero attached hydrogens (tertiary/aromatic N) is 2. The highest BCUT2D eigenvalue weighted by atomic mass is 15.2. The summed E-state index contributed by atoms with van der Waals surface area (Å²) < 4.78 is 0.